The highest BCUT2D eigenvalue weighted by atomic mass is 16.5. The molecule has 0 amide bonds. The molecule has 0 saturated carbocycles. The lowest BCUT2D eigenvalue weighted by Gasteiger charge is -2.10. The molecule has 5 heteroatoms. The minimum Gasteiger partial charge on any atom is -0.439 e. The summed E-state index contributed by atoms with van der Waals surface area (Å²) in [4.78, 5) is 4.39. The van der Waals surface area contributed by atoms with Gasteiger partial charge in [-0.2, -0.15) is 10.1 Å². The van der Waals surface area contributed by atoms with Gasteiger partial charge in [0.1, 0.15) is 5.75 Å². The Morgan fingerprint density at radius 2 is 2.11 bits per heavy atom. The molecule has 2 aromatic heterocycles. The molecule has 2 heterocycles. The molecular formula is C14H14N4O. The Bertz CT molecular complexity index is 692. The maximum atomic E-state index is 5.85. The van der Waals surface area contributed by atoms with Crippen molar-refractivity contribution >= 4 is 5.65 Å². The molecule has 5 nitrogen and oxygen atoms in total. The summed E-state index contributed by atoms with van der Waals surface area (Å²) in [5, 5.41) is 7.22. The quantitative estimate of drug-likeness (QED) is 0.775. The van der Waals surface area contributed by atoms with Gasteiger partial charge in [-0.1, -0.05) is 18.2 Å². The van der Waals surface area contributed by atoms with Crippen LogP contribution in [0.3, 0.4) is 0 Å². The maximum Gasteiger partial charge on any atom is 0.222 e. The largest absolute Gasteiger partial charge is 0.439 e. The topological polar surface area (TPSA) is 51.5 Å². The van der Waals surface area contributed by atoms with Crippen LogP contribution in [0, 0.1) is 0 Å². The predicted octanol–water partition coefficient (Wildman–Crippen LogP) is 2.24. The second-order valence-electron chi connectivity index (χ2n) is 4.14. The molecule has 0 aliphatic carbocycles. The number of hydrogen-bond acceptors (Lipinski definition) is 4. The number of rotatable bonds is 4. The lowest BCUT2D eigenvalue weighted by atomic mass is 10.2. The van der Waals surface area contributed by atoms with Gasteiger partial charge in [-0.3, -0.25) is 0 Å². The van der Waals surface area contributed by atoms with E-state index in [0.717, 1.165) is 23.5 Å². The average Bonchev–Trinajstić information content (AvgIpc) is 2.89. The Morgan fingerprint density at radius 1 is 1.21 bits per heavy atom. The summed E-state index contributed by atoms with van der Waals surface area (Å²) < 4.78 is 7.55. The zero-order valence-electron chi connectivity index (χ0n) is 10.6. The first-order valence-electron chi connectivity index (χ1n) is 6.07. The third kappa shape index (κ3) is 2.41. The predicted molar refractivity (Wildman–Crippen MR) is 72.3 cm³/mol. The number of hydrogen-bond donors (Lipinski definition) is 1. The molecule has 0 unspecified atom stereocenters. The van der Waals surface area contributed by atoms with Crippen LogP contribution >= 0.6 is 0 Å². The average molecular weight is 254 g/mol. The standard InChI is InChI=1S/C14H14N4O/c1-15-10-11-4-2-3-5-12(11)19-14-7-9-18-13(17-14)6-8-16-18/h2-9,15H,10H2,1H3. The molecule has 3 rings (SSSR count). The molecule has 0 bridgehead atoms. The second kappa shape index (κ2) is 5.07. The van der Waals surface area contributed by atoms with E-state index in [-0.39, 0.29) is 0 Å². The summed E-state index contributed by atoms with van der Waals surface area (Å²) in [5.74, 6) is 1.38. The number of nitrogens with one attached hydrogen (secondary N) is 1. The van der Waals surface area contributed by atoms with Gasteiger partial charge in [0, 0.05) is 30.4 Å². The molecule has 0 radical (unpaired) electrons. The summed E-state index contributed by atoms with van der Waals surface area (Å²) in [7, 11) is 1.91. The number of nitrogens with zero attached hydrogens (tertiary/aromatic N) is 3. The number of ether oxygens (including phenoxy) is 1. The van der Waals surface area contributed by atoms with Crippen molar-refractivity contribution in [1.29, 1.82) is 0 Å². The van der Waals surface area contributed by atoms with Crippen LogP contribution in [0.5, 0.6) is 11.6 Å². The Morgan fingerprint density at radius 3 is 3.00 bits per heavy atom. The molecule has 0 saturated heterocycles. The fraction of sp³-hybridized carbons (Fsp3) is 0.143. The molecular weight excluding hydrogens is 240 g/mol. The third-order valence-electron chi connectivity index (χ3n) is 2.79. The fourth-order valence-corrected chi connectivity index (χ4v) is 1.90. The van der Waals surface area contributed by atoms with Gasteiger partial charge in [-0.15, -0.1) is 0 Å². The second-order valence-corrected chi connectivity index (χ2v) is 4.14. The van der Waals surface area contributed by atoms with Gasteiger partial charge in [-0.25, -0.2) is 4.52 Å². The van der Waals surface area contributed by atoms with E-state index in [1.54, 1.807) is 16.8 Å². The van der Waals surface area contributed by atoms with E-state index >= 15 is 0 Å². The van der Waals surface area contributed by atoms with E-state index in [2.05, 4.69) is 15.4 Å². The molecule has 0 fully saturated rings. The molecule has 1 N–H and O–H groups in total. The minimum absolute atomic E-state index is 0.566. The van der Waals surface area contributed by atoms with Crippen LogP contribution in [0.1, 0.15) is 5.56 Å². The zero-order valence-corrected chi connectivity index (χ0v) is 10.6. The molecule has 19 heavy (non-hydrogen) atoms. The SMILES string of the molecule is CNCc1ccccc1Oc1ccn2nccc2n1. The monoisotopic (exact) mass is 254 g/mol. The van der Waals surface area contributed by atoms with Crippen LogP contribution in [0.25, 0.3) is 5.65 Å². The first-order valence-corrected chi connectivity index (χ1v) is 6.07. The summed E-state index contributed by atoms with van der Waals surface area (Å²) in [6.45, 7) is 0.755. The Hall–Kier alpha value is -2.40. The number of aromatic nitrogens is 3. The van der Waals surface area contributed by atoms with Crippen molar-refractivity contribution in [2.24, 2.45) is 0 Å². The highest BCUT2D eigenvalue weighted by Crippen LogP contribution is 2.23. The minimum atomic E-state index is 0.566. The molecule has 3 aromatic rings. The third-order valence-corrected chi connectivity index (χ3v) is 2.79. The lowest BCUT2D eigenvalue weighted by Crippen LogP contribution is -2.06. The van der Waals surface area contributed by atoms with Crippen LogP contribution in [0.4, 0.5) is 0 Å². The normalized spacial score (nSPS) is 10.8. The first kappa shape index (κ1) is 11.7. The van der Waals surface area contributed by atoms with Crippen LogP contribution in [-0.4, -0.2) is 21.6 Å². The Kier molecular flexibility index (Phi) is 3.12. The van der Waals surface area contributed by atoms with Crippen molar-refractivity contribution in [1.82, 2.24) is 19.9 Å². The van der Waals surface area contributed by atoms with Gasteiger partial charge < -0.3 is 10.1 Å². The van der Waals surface area contributed by atoms with Crippen LogP contribution < -0.4 is 10.1 Å². The van der Waals surface area contributed by atoms with E-state index in [1.807, 2.05) is 43.6 Å². The van der Waals surface area contributed by atoms with Crippen molar-refractivity contribution in [2.45, 2.75) is 6.54 Å². The number of fused-ring (bicyclic) bond motifs is 1. The van der Waals surface area contributed by atoms with Crippen molar-refractivity contribution < 1.29 is 4.74 Å². The molecule has 0 aliphatic rings. The van der Waals surface area contributed by atoms with E-state index in [1.165, 1.54) is 0 Å². The van der Waals surface area contributed by atoms with Crippen molar-refractivity contribution in [3.05, 3.63) is 54.4 Å². The summed E-state index contributed by atoms with van der Waals surface area (Å²) in [6, 6.07) is 11.6. The smallest absolute Gasteiger partial charge is 0.222 e. The fourth-order valence-electron chi connectivity index (χ4n) is 1.90. The Labute approximate surface area is 110 Å². The van der Waals surface area contributed by atoms with Crippen molar-refractivity contribution in [3.8, 4) is 11.6 Å². The zero-order chi connectivity index (χ0) is 13.1. The van der Waals surface area contributed by atoms with E-state index in [9.17, 15) is 0 Å². The van der Waals surface area contributed by atoms with Gasteiger partial charge in [0.15, 0.2) is 5.65 Å². The van der Waals surface area contributed by atoms with Gasteiger partial charge in [0.05, 0.1) is 6.20 Å². The van der Waals surface area contributed by atoms with Crippen LogP contribution in [-0.2, 0) is 6.54 Å². The molecule has 0 spiro atoms. The van der Waals surface area contributed by atoms with Gasteiger partial charge in [0.2, 0.25) is 5.88 Å². The number of para-hydroxylation sites is 1. The molecule has 0 atom stereocenters. The van der Waals surface area contributed by atoms with Gasteiger partial charge in [-0.05, 0) is 13.1 Å². The van der Waals surface area contributed by atoms with E-state index in [4.69, 9.17) is 4.74 Å². The Balaban J connectivity index is 1.91. The lowest BCUT2D eigenvalue weighted by molar-refractivity contribution is 0.455. The summed E-state index contributed by atoms with van der Waals surface area (Å²) in [5.41, 5.74) is 1.86. The van der Waals surface area contributed by atoms with E-state index < -0.39 is 0 Å². The molecule has 1 aromatic carbocycles. The molecule has 96 valence electrons. The summed E-state index contributed by atoms with van der Waals surface area (Å²) >= 11 is 0. The highest BCUT2D eigenvalue weighted by Gasteiger charge is 2.05. The molecule has 0 aliphatic heterocycles. The van der Waals surface area contributed by atoms with Crippen molar-refractivity contribution in [3.63, 3.8) is 0 Å². The summed E-state index contributed by atoms with van der Waals surface area (Å²) in [6.07, 6.45) is 3.54. The van der Waals surface area contributed by atoms with Crippen molar-refractivity contribution in [2.75, 3.05) is 7.05 Å². The highest BCUT2D eigenvalue weighted by molar-refractivity contribution is 5.40. The van der Waals surface area contributed by atoms with Crippen LogP contribution in [0.15, 0.2) is 48.8 Å². The maximum absolute atomic E-state index is 5.85. The first-order chi connectivity index (χ1) is 9.36. The van der Waals surface area contributed by atoms with Crippen LogP contribution in [0.2, 0.25) is 0 Å². The van der Waals surface area contributed by atoms with Gasteiger partial charge in [0.25, 0.3) is 0 Å². The number of benzene rings is 1. The van der Waals surface area contributed by atoms with Gasteiger partial charge >= 0.3 is 0 Å². The van der Waals surface area contributed by atoms with E-state index in [0.29, 0.717) is 5.88 Å².